The fourth-order valence-corrected chi connectivity index (χ4v) is 5.32. The Hall–Kier alpha value is -1.13. The molecule has 0 spiro atoms. The van der Waals surface area contributed by atoms with Gasteiger partial charge in [-0.3, -0.25) is 0 Å². The van der Waals surface area contributed by atoms with Crippen molar-refractivity contribution in [3.05, 3.63) is 59.2 Å². The van der Waals surface area contributed by atoms with Crippen molar-refractivity contribution >= 4 is 18.5 Å². The van der Waals surface area contributed by atoms with Crippen LogP contribution in [0.2, 0.25) is 0 Å². The van der Waals surface area contributed by atoms with E-state index in [-0.39, 0.29) is 7.92 Å². The normalized spacial score (nSPS) is 12.4. The highest BCUT2D eigenvalue weighted by Gasteiger charge is 2.16. The van der Waals surface area contributed by atoms with Gasteiger partial charge in [-0.2, -0.15) is 0 Å². The molecule has 0 bridgehead atoms. The molecule has 0 saturated carbocycles. The molecule has 0 fully saturated rings. The van der Waals surface area contributed by atoms with E-state index in [4.69, 9.17) is 0 Å². The molecule has 0 saturated heterocycles. The summed E-state index contributed by atoms with van der Waals surface area (Å²) in [6.45, 7) is 9.04. The Kier molecular flexibility index (Phi) is 5.38. The van der Waals surface area contributed by atoms with Gasteiger partial charge in [0.2, 0.25) is 0 Å². The molecule has 2 rings (SSSR count). The highest BCUT2D eigenvalue weighted by molar-refractivity contribution is 7.73. The number of rotatable bonds is 5. The Labute approximate surface area is 125 Å². The van der Waals surface area contributed by atoms with E-state index in [0.29, 0.717) is 0 Å². The molecule has 1 atom stereocenters. The maximum atomic E-state index is 2.37. The van der Waals surface area contributed by atoms with Crippen molar-refractivity contribution in [1.82, 2.24) is 0 Å². The number of hydrogen-bond acceptors (Lipinski definition) is 0. The zero-order valence-electron chi connectivity index (χ0n) is 13.1. The Morgan fingerprint density at radius 3 is 2.20 bits per heavy atom. The van der Waals surface area contributed by atoms with Gasteiger partial charge in [-0.05, 0) is 68.6 Å². The van der Waals surface area contributed by atoms with Crippen molar-refractivity contribution in [1.29, 1.82) is 0 Å². The summed E-state index contributed by atoms with van der Waals surface area (Å²) >= 11 is 0. The Bertz CT molecular complexity index is 557. The number of aryl methyl sites for hydroxylation is 1. The van der Waals surface area contributed by atoms with E-state index in [1.807, 2.05) is 0 Å². The van der Waals surface area contributed by atoms with Crippen molar-refractivity contribution < 1.29 is 0 Å². The van der Waals surface area contributed by atoms with Gasteiger partial charge in [-0.15, -0.1) is 0 Å². The summed E-state index contributed by atoms with van der Waals surface area (Å²) in [5, 5.41) is 3.09. The predicted molar refractivity (Wildman–Crippen MR) is 93.1 cm³/mol. The summed E-state index contributed by atoms with van der Waals surface area (Å²) in [5.74, 6) is 0. The Morgan fingerprint density at radius 1 is 0.850 bits per heavy atom. The quantitative estimate of drug-likeness (QED) is 0.689. The second-order valence-electron chi connectivity index (χ2n) is 5.49. The molecule has 1 heteroatoms. The van der Waals surface area contributed by atoms with Crippen molar-refractivity contribution in [2.45, 2.75) is 40.5 Å². The van der Waals surface area contributed by atoms with Gasteiger partial charge in [0.05, 0.1) is 0 Å². The van der Waals surface area contributed by atoms with Crippen molar-refractivity contribution in [2.75, 3.05) is 6.16 Å². The average Bonchev–Trinajstić information content (AvgIpc) is 2.48. The van der Waals surface area contributed by atoms with Gasteiger partial charge in [0.15, 0.2) is 0 Å². The largest absolute Gasteiger partial charge is 0.0654 e. The van der Waals surface area contributed by atoms with E-state index in [9.17, 15) is 0 Å². The summed E-state index contributed by atoms with van der Waals surface area (Å²) < 4.78 is 0. The average molecular weight is 284 g/mol. The van der Waals surface area contributed by atoms with E-state index in [1.54, 1.807) is 5.30 Å². The van der Waals surface area contributed by atoms with Crippen molar-refractivity contribution in [3.8, 4) is 0 Å². The van der Waals surface area contributed by atoms with Gasteiger partial charge in [0.25, 0.3) is 0 Å². The molecule has 0 radical (unpaired) electrons. The third kappa shape index (κ3) is 3.30. The fourth-order valence-electron chi connectivity index (χ4n) is 2.55. The Balaban J connectivity index is 2.44. The topological polar surface area (TPSA) is 0 Å². The minimum atomic E-state index is -0.206. The maximum Gasteiger partial charge on any atom is -0.0163 e. The lowest BCUT2D eigenvalue weighted by Crippen LogP contribution is -2.18. The number of hydrogen-bond donors (Lipinski definition) is 0. The first kappa shape index (κ1) is 15.3. The molecular weight excluding hydrogens is 259 g/mol. The van der Waals surface area contributed by atoms with Gasteiger partial charge >= 0.3 is 0 Å². The molecule has 0 aliphatic rings. The second kappa shape index (κ2) is 7.04. The zero-order valence-corrected chi connectivity index (χ0v) is 14.0. The SMILES string of the molecule is CCCCP(c1ccccc1)c1ccc(C)c(C)c1C. The minimum absolute atomic E-state index is 0.206. The van der Waals surface area contributed by atoms with Crippen LogP contribution in [0.5, 0.6) is 0 Å². The fraction of sp³-hybridized carbons (Fsp3) is 0.368. The lowest BCUT2D eigenvalue weighted by molar-refractivity contribution is 0.893. The van der Waals surface area contributed by atoms with Crippen LogP contribution in [-0.2, 0) is 0 Å². The molecule has 1 unspecified atom stereocenters. The molecular formula is C19H25P. The molecule has 0 aliphatic carbocycles. The lowest BCUT2D eigenvalue weighted by atomic mass is 10.1. The first-order valence-electron chi connectivity index (χ1n) is 7.54. The zero-order chi connectivity index (χ0) is 14.5. The van der Waals surface area contributed by atoms with E-state index in [1.165, 1.54) is 41.0 Å². The van der Waals surface area contributed by atoms with Crippen LogP contribution in [0.15, 0.2) is 42.5 Å². The van der Waals surface area contributed by atoms with E-state index in [0.717, 1.165) is 0 Å². The Morgan fingerprint density at radius 2 is 1.55 bits per heavy atom. The van der Waals surface area contributed by atoms with Gasteiger partial charge in [-0.25, -0.2) is 0 Å². The van der Waals surface area contributed by atoms with Gasteiger partial charge in [0, 0.05) is 0 Å². The minimum Gasteiger partial charge on any atom is -0.0654 e. The summed E-state index contributed by atoms with van der Waals surface area (Å²) in [5.41, 5.74) is 4.36. The third-order valence-electron chi connectivity index (χ3n) is 4.12. The molecule has 106 valence electrons. The number of unbranched alkanes of at least 4 members (excludes halogenated alkanes) is 1. The summed E-state index contributed by atoms with van der Waals surface area (Å²) in [7, 11) is -0.206. The summed E-state index contributed by atoms with van der Waals surface area (Å²) in [4.78, 5) is 0. The maximum absolute atomic E-state index is 2.37. The molecule has 0 N–H and O–H groups in total. The lowest BCUT2D eigenvalue weighted by Gasteiger charge is -2.22. The standard InChI is InChI=1S/C19H25P/c1-5-6-14-20(18-10-8-7-9-11-18)19-13-12-15(2)16(3)17(19)4/h7-13H,5-6,14H2,1-4H3. The van der Waals surface area contributed by atoms with E-state index >= 15 is 0 Å². The van der Waals surface area contributed by atoms with Crippen LogP contribution in [-0.4, -0.2) is 6.16 Å². The van der Waals surface area contributed by atoms with Crippen LogP contribution < -0.4 is 10.6 Å². The molecule has 0 aromatic heterocycles. The van der Waals surface area contributed by atoms with Gasteiger partial charge in [-0.1, -0.05) is 55.8 Å². The first-order chi connectivity index (χ1) is 9.65. The van der Waals surface area contributed by atoms with Crippen LogP contribution in [0.3, 0.4) is 0 Å². The van der Waals surface area contributed by atoms with Crippen molar-refractivity contribution in [3.63, 3.8) is 0 Å². The molecule has 0 aliphatic heterocycles. The summed E-state index contributed by atoms with van der Waals surface area (Å²) in [6, 6.07) is 15.7. The molecule has 0 heterocycles. The third-order valence-corrected chi connectivity index (χ3v) is 6.87. The predicted octanol–water partition coefficient (Wildman–Crippen LogP) is 4.84. The van der Waals surface area contributed by atoms with E-state index in [2.05, 4.69) is 70.2 Å². The van der Waals surface area contributed by atoms with Crippen LogP contribution in [0.25, 0.3) is 0 Å². The van der Waals surface area contributed by atoms with Gasteiger partial charge < -0.3 is 0 Å². The van der Waals surface area contributed by atoms with Crippen molar-refractivity contribution in [2.24, 2.45) is 0 Å². The van der Waals surface area contributed by atoms with Gasteiger partial charge in [0.1, 0.15) is 0 Å². The smallest absolute Gasteiger partial charge is 0.0163 e. The highest BCUT2D eigenvalue weighted by atomic mass is 31.1. The first-order valence-corrected chi connectivity index (χ1v) is 9.07. The molecule has 0 nitrogen and oxygen atoms in total. The monoisotopic (exact) mass is 284 g/mol. The number of benzene rings is 2. The molecule has 20 heavy (non-hydrogen) atoms. The van der Waals surface area contributed by atoms with Crippen LogP contribution in [0.1, 0.15) is 36.5 Å². The van der Waals surface area contributed by atoms with Crippen LogP contribution in [0, 0.1) is 20.8 Å². The van der Waals surface area contributed by atoms with Crippen LogP contribution in [0.4, 0.5) is 0 Å². The second-order valence-corrected chi connectivity index (χ2v) is 7.79. The molecule has 2 aromatic carbocycles. The van der Waals surface area contributed by atoms with E-state index < -0.39 is 0 Å². The summed E-state index contributed by atoms with van der Waals surface area (Å²) in [6.07, 6.45) is 3.89. The molecule has 0 amide bonds. The highest BCUT2D eigenvalue weighted by Crippen LogP contribution is 2.36. The molecule has 2 aromatic rings. The van der Waals surface area contributed by atoms with Crippen LogP contribution >= 0.6 is 7.92 Å².